The molecule has 7 rings (SSSR count). The number of halogens is 20. The molecular weight excluding hydrogens is 893 g/mol. The van der Waals surface area contributed by atoms with Gasteiger partial charge in [-0.15, -0.1) is 21.9 Å². The van der Waals surface area contributed by atoms with E-state index >= 15 is 35.1 Å². The van der Waals surface area contributed by atoms with Crippen LogP contribution >= 0.6 is 11.3 Å². The molecule has 1 nitrogen and oxygen atoms in total. The summed E-state index contributed by atoms with van der Waals surface area (Å²) in [7, 11) is 0. The average molecular weight is 905 g/mol. The smallest absolute Gasteiger partial charge is 0.207 e. The second-order valence-electron chi connectivity index (χ2n) is 12.7. The van der Waals surface area contributed by atoms with Gasteiger partial charge in [-0.25, -0.2) is 87.8 Å². The molecule has 0 unspecified atom stereocenters. The van der Waals surface area contributed by atoms with Gasteiger partial charge in [0, 0.05) is 5.56 Å². The molecule has 0 N–H and O–H groups in total. The third-order valence-corrected chi connectivity index (χ3v) is 10.1. The van der Waals surface area contributed by atoms with E-state index in [-0.39, 0.29) is 0 Å². The largest absolute Gasteiger partial charge is 0.224 e. The molecule has 0 saturated heterocycles. The summed E-state index contributed by atoms with van der Waals surface area (Å²) in [4.78, 5) is 0. The Morgan fingerprint density at radius 2 is 0.656 bits per heavy atom. The summed E-state index contributed by atoms with van der Waals surface area (Å²) in [5, 5.41) is 4.72. The lowest BCUT2D eigenvalue weighted by Gasteiger charge is -2.44. The molecule has 0 spiro atoms. The molecule has 61 heavy (non-hydrogen) atoms. The van der Waals surface area contributed by atoms with Crippen LogP contribution < -0.4 is 26.4 Å². The van der Waals surface area contributed by atoms with Crippen LogP contribution in [0.25, 0.3) is 10.8 Å². The molecule has 0 aliphatic rings. The number of nitrogens with zero attached hydrogens (tertiary/aromatic N) is 1. The van der Waals surface area contributed by atoms with Crippen LogP contribution in [0.3, 0.4) is 0 Å². The first kappa shape index (κ1) is 44.4. The molecule has 0 saturated carbocycles. The van der Waals surface area contributed by atoms with Crippen molar-refractivity contribution in [3.05, 3.63) is 181 Å². The molecule has 0 amide bonds. The summed E-state index contributed by atoms with van der Waals surface area (Å²) in [6.07, 6.45) is -5.11. The molecule has 0 aliphatic heterocycles. The fourth-order valence-corrected chi connectivity index (χ4v) is 7.37. The van der Waals surface area contributed by atoms with Gasteiger partial charge >= 0.3 is 0 Å². The maximum absolute atomic E-state index is 15.4. The van der Waals surface area contributed by atoms with E-state index in [9.17, 15) is 52.7 Å². The normalized spacial score (nSPS) is 11.7. The van der Waals surface area contributed by atoms with Crippen molar-refractivity contribution in [2.75, 3.05) is 0 Å². The van der Waals surface area contributed by atoms with E-state index in [4.69, 9.17) is 0 Å². The zero-order valence-electron chi connectivity index (χ0n) is 29.0. The highest BCUT2D eigenvalue weighted by Crippen LogP contribution is 2.31. The van der Waals surface area contributed by atoms with Crippen molar-refractivity contribution in [1.82, 2.24) is 0 Å². The van der Waals surface area contributed by atoms with E-state index in [1.165, 1.54) is 16.3 Å². The number of rotatable bonds is 6. The van der Waals surface area contributed by atoms with Crippen LogP contribution in [0.4, 0.5) is 87.8 Å². The summed E-state index contributed by atoms with van der Waals surface area (Å²) < 4.78 is 296. The van der Waals surface area contributed by atoms with Gasteiger partial charge in [-0.05, 0) is 16.8 Å². The minimum absolute atomic E-state index is 0.953. The van der Waals surface area contributed by atoms with Crippen molar-refractivity contribution in [1.29, 1.82) is 0 Å². The zero-order chi connectivity index (χ0) is 45.2. The van der Waals surface area contributed by atoms with Crippen molar-refractivity contribution in [3.8, 4) is 0 Å². The lowest BCUT2D eigenvalue weighted by atomic mass is 9.12. The minimum Gasteiger partial charge on any atom is -0.207 e. The molecule has 318 valence electrons. The number of fused-ring (bicyclic) bond motifs is 1. The second-order valence-corrected chi connectivity index (χ2v) is 13.4. The molecule has 0 bridgehead atoms. The van der Waals surface area contributed by atoms with Gasteiger partial charge in [-0.2, -0.15) is 4.57 Å². The van der Waals surface area contributed by atoms with E-state index in [0.29, 0.717) is 0 Å². The lowest BCUT2D eigenvalue weighted by molar-refractivity contribution is -0.683. The third kappa shape index (κ3) is 6.91. The topological polar surface area (TPSA) is 3.88 Å². The fourth-order valence-electron chi connectivity index (χ4n) is 6.77. The van der Waals surface area contributed by atoms with E-state index < -0.39 is 144 Å². The van der Waals surface area contributed by atoms with E-state index in [2.05, 4.69) is 64.1 Å². The monoisotopic (exact) mass is 905 g/mol. The van der Waals surface area contributed by atoms with E-state index in [0.717, 1.165) is 6.54 Å². The van der Waals surface area contributed by atoms with Crippen molar-refractivity contribution in [2.45, 2.75) is 6.54 Å². The van der Waals surface area contributed by atoms with Crippen LogP contribution in [0.1, 0.15) is 5.56 Å². The van der Waals surface area contributed by atoms with Gasteiger partial charge in [0.05, 0.1) is 5.38 Å². The van der Waals surface area contributed by atoms with E-state index in [1.807, 2.05) is 0 Å². The number of thiazole rings is 1. The fraction of sp³-hybridized carbons (Fsp3) is 0.0263. The summed E-state index contributed by atoms with van der Waals surface area (Å²) in [5.74, 6) is -71.4. The predicted molar refractivity (Wildman–Crippen MR) is 177 cm³/mol. The molecular formula is C38H12BF20NS. The molecule has 6 aromatic carbocycles. The van der Waals surface area contributed by atoms with Crippen LogP contribution in [0.2, 0.25) is 0 Å². The maximum Gasteiger partial charge on any atom is 0.224 e. The van der Waals surface area contributed by atoms with Gasteiger partial charge in [0.15, 0.2) is 82.5 Å². The van der Waals surface area contributed by atoms with Gasteiger partial charge in [0.25, 0.3) is 0 Å². The van der Waals surface area contributed by atoms with E-state index in [1.54, 1.807) is 11.3 Å². The van der Waals surface area contributed by atoms with Crippen molar-refractivity contribution in [3.63, 3.8) is 0 Å². The lowest BCUT2D eigenvalue weighted by Crippen LogP contribution is -2.81. The van der Waals surface area contributed by atoms with Gasteiger partial charge < -0.3 is 0 Å². The molecule has 0 radical (unpaired) electrons. The molecule has 0 aliphatic carbocycles. The molecule has 23 heteroatoms. The Labute approximate surface area is 330 Å². The quantitative estimate of drug-likeness (QED) is 0.0516. The van der Waals surface area contributed by atoms with Crippen LogP contribution in [-0.4, -0.2) is 6.15 Å². The zero-order valence-corrected chi connectivity index (χ0v) is 29.8. The Morgan fingerprint density at radius 1 is 0.361 bits per heavy atom. The summed E-state index contributed by atoms with van der Waals surface area (Å²) in [5.41, 5.74) is -10.8. The second kappa shape index (κ2) is 16.4. The highest BCUT2D eigenvalue weighted by Gasteiger charge is 2.52. The maximum atomic E-state index is 15.4. The molecule has 0 fully saturated rings. The first-order valence-corrected chi connectivity index (χ1v) is 17.2. The van der Waals surface area contributed by atoms with Gasteiger partial charge in [-0.3, -0.25) is 0 Å². The Bertz CT molecular complexity index is 2520. The number of benzene rings is 6. The third-order valence-electron chi connectivity index (χ3n) is 9.41. The number of aromatic nitrogens is 1. The van der Waals surface area contributed by atoms with Crippen molar-refractivity contribution < 1.29 is 92.4 Å². The number of hydrogen-bond acceptors (Lipinski definition) is 1. The highest BCUT2D eigenvalue weighted by molar-refractivity contribution is 7.20. The average Bonchev–Trinajstić information content (AvgIpc) is 3.76. The number of hydrogen-bond donors (Lipinski definition) is 0. The summed E-state index contributed by atoms with van der Waals surface area (Å²) >= 11 is 1.73. The molecule has 0 atom stereocenters. The van der Waals surface area contributed by atoms with Gasteiger partial charge in [-0.1, -0.05) is 47.7 Å². The van der Waals surface area contributed by atoms with Crippen molar-refractivity contribution >= 4 is 50.1 Å². The van der Waals surface area contributed by atoms with Gasteiger partial charge in [0.2, 0.25) is 5.51 Å². The standard InChI is InChI=1S/C24BF20.C14H12NS/c26-5-1(6(27)14(35)21(42)13(5)34)25(2-7(28)15(36)22(43)16(37)8(2)29,3-9(30)17(38)23(44)18(39)10(3)31)4-11(32)19(40)24(45)20(41)12(4)33;1-2-4-14-9-12(5-6-13(14)3-1)10-15-7-8-16-11-15/h;1-9,11H,10H2/q-1;+1. The molecule has 1 heterocycles. The summed E-state index contributed by atoms with van der Waals surface area (Å²) in [6.45, 7) is 0.953. The first-order valence-electron chi connectivity index (χ1n) is 16.2. The van der Waals surface area contributed by atoms with Crippen LogP contribution in [-0.2, 0) is 6.54 Å². The van der Waals surface area contributed by atoms with Crippen LogP contribution in [0, 0.1) is 116 Å². The Kier molecular flexibility index (Phi) is 11.9. The predicted octanol–water partition coefficient (Wildman–Crippen LogP) is 9.08. The summed E-state index contributed by atoms with van der Waals surface area (Å²) in [6, 6.07) is 15.1. The first-order chi connectivity index (χ1) is 28.6. The molecule has 7 aromatic rings. The Morgan fingerprint density at radius 3 is 0.951 bits per heavy atom. The minimum atomic E-state index is -7.22. The highest BCUT2D eigenvalue weighted by atomic mass is 32.1. The molecule has 1 aromatic heterocycles. The van der Waals surface area contributed by atoms with Crippen LogP contribution in [0.15, 0.2) is 59.6 Å². The SMILES string of the molecule is Fc1c(F)c(F)c([B-](c2c(F)c(F)c(F)c(F)c2F)(c2c(F)c(F)c(F)c(F)c2F)c2c(F)c(F)c(F)c(F)c2F)c(F)c1F.c1ccc2cc(C[n+]3ccsc3)ccc2c1. The van der Waals surface area contributed by atoms with Crippen molar-refractivity contribution in [2.24, 2.45) is 0 Å². The Hall–Kier alpha value is -6.13. The van der Waals surface area contributed by atoms with Gasteiger partial charge in [0.1, 0.15) is 52.7 Å². The Balaban J connectivity index is 0.000000321. The van der Waals surface area contributed by atoms with Crippen LogP contribution in [0.5, 0.6) is 0 Å².